The molecule has 0 aliphatic carbocycles. The molecule has 0 bridgehead atoms. The molecule has 0 aliphatic rings. The number of aromatic nitrogens is 2. The van der Waals surface area contributed by atoms with Crippen molar-refractivity contribution >= 4 is 0 Å². The average molecular weight is 337 g/mol. The lowest BCUT2D eigenvalue weighted by Crippen LogP contribution is -2.24. The topological polar surface area (TPSA) is 62.4 Å². The van der Waals surface area contributed by atoms with Gasteiger partial charge in [0.25, 0.3) is 0 Å². The summed E-state index contributed by atoms with van der Waals surface area (Å²) < 4.78 is 5.33. The normalized spacial score (nSPS) is 12.4. The minimum absolute atomic E-state index is 0.506. The van der Waals surface area contributed by atoms with E-state index in [-0.39, 0.29) is 0 Å². The highest BCUT2D eigenvalue weighted by atomic mass is 16.5. The maximum atomic E-state index is 10.3. The van der Waals surface area contributed by atoms with Gasteiger partial charge in [-0.05, 0) is 24.6 Å². The summed E-state index contributed by atoms with van der Waals surface area (Å²) >= 11 is 0. The molecular formula is C20H23N3O2. The molecule has 1 unspecified atom stereocenters. The van der Waals surface area contributed by atoms with Crippen LogP contribution in [0.4, 0.5) is 0 Å². The molecule has 0 aliphatic heterocycles. The zero-order chi connectivity index (χ0) is 17.5. The highest BCUT2D eigenvalue weighted by molar-refractivity contribution is 5.17. The van der Waals surface area contributed by atoms with Gasteiger partial charge in [0.1, 0.15) is 0 Å². The summed E-state index contributed by atoms with van der Waals surface area (Å²) in [7, 11) is 1.93. The van der Waals surface area contributed by atoms with Gasteiger partial charge in [0.05, 0.1) is 12.6 Å². The molecule has 1 aromatic heterocycles. The Balaban J connectivity index is 1.49. The Morgan fingerprint density at radius 3 is 2.40 bits per heavy atom. The third kappa shape index (κ3) is 5.24. The molecule has 2 aromatic carbocycles. The van der Waals surface area contributed by atoms with Crippen molar-refractivity contribution in [2.75, 3.05) is 13.6 Å². The quantitative estimate of drug-likeness (QED) is 0.684. The van der Waals surface area contributed by atoms with Crippen LogP contribution in [0.15, 0.2) is 65.2 Å². The zero-order valence-electron chi connectivity index (χ0n) is 14.4. The van der Waals surface area contributed by atoms with Gasteiger partial charge < -0.3 is 9.63 Å². The summed E-state index contributed by atoms with van der Waals surface area (Å²) in [5.74, 6) is 1.29. The van der Waals surface area contributed by atoms with E-state index in [1.165, 1.54) is 5.56 Å². The van der Waals surface area contributed by atoms with Crippen LogP contribution in [-0.2, 0) is 19.4 Å². The Kier molecular flexibility index (Phi) is 5.93. The maximum absolute atomic E-state index is 10.3. The van der Waals surface area contributed by atoms with Gasteiger partial charge in [0.15, 0.2) is 5.82 Å². The van der Waals surface area contributed by atoms with Gasteiger partial charge in [-0.3, -0.25) is 4.90 Å². The van der Waals surface area contributed by atoms with E-state index in [4.69, 9.17) is 4.52 Å². The molecule has 1 N–H and O–H groups in total. The van der Waals surface area contributed by atoms with Crippen molar-refractivity contribution in [3.05, 3.63) is 83.5 Å². The van der Waals surface area contributed by atoms with Crippen molar-refractivity contribution in [1.82, 2.24) is 15.0 Å². The predicted molar refractivity (Wildman–Crippen MR) is 95.9 cm³/mol. The minimum atomic E-state index is -0.535. The first kappa shape index (κ1) is 17.3. The molecular weight excluding hydrogens is 314 g/mol. The molecule has 0 saturated carbocycles. The molecule has 5 heteroatoms. The van der Waals surface area contributed by atoms with Gasteiger partial charge in [0.2, 0.25) is 5.89 Å². The van der Waals surface area contributed by atoms with Crippen molar-refractivity contribution in [3.63, 3.8) is 0 Å². The fourth-order valence-corrected chi connectivity index (χ4v) is 2.73. The molecule has 130 valence electrons. The SMILES string of the molecule is CN(Cc1nc(CCc2ccccc2)no1)CC(O)c1ccccc1. The molecule has 1 heterocycles. The van der Waals surface area contributed by atoms with Crippen molar-refractivity contribution in [1.29, 1.82) is 0 Å². The second-order valence-electron chi connectivity index (χ2n) is 6.21. The van der Waals surface area contributed by atoms with Crippen molar-refractivity contribution in [3.8, 4) is 0 Å². The lowest BCUT2D eigenvalue weighted by Gasteiger charge is -2.19. The van der Waals surface area contributed by atoms with E-state index >= 15 is 0 Å². The molecule has 0 amide bonds. The maximum Gasteiger partial charge on any atom is 0.240 e. The number of rotatable bonds is 8. The van der Waals surface area contributed by atoms with Crippen LogP contribution in [0.3, 0.4) is 0 Å². The molecule has 0 fully saturated rings. The fourth-order valence-electron chi connectivity index (χ4n) is 2.73. The lowest BCUT2D eigenvalue weighted by molar-refractivity contribution is 0.118. The molecule has 25 heavy (non-hydrogen) atoms. The van der Waals surface area contributed by atoms with E-state index in [1.807, 2.05) is 60.5 Å². The first-order valence-electron chi connectivity index (χ1n) is 8.47. The smallest absolute Gasteiger partial charge is 0.240 e. The van der Waals surface area contributed by atoms with Crippen LogP contribution < -0.4 is 0 Å². The number of likely N-dealkylation sites (N-methyl/N-ethyl adjacent to an activating group) is 1. The van der Waals surface area contributed by atoms with Crippen LogP contribution in [0.25, 0.3) is 0 Å². The molecule has 3 aromatic rings. The number of aryl methyl sites for hydroxylation is 2. The standard InChI is InChI=1S/C20H23N3O2/c1-23(14-18(24)17-10-6-3-7-11-17)15-20-21-19(22-25-20)13-12-16-8-4-2-5-9-16/h2-11,18,24H,12-15H2,1H3. The summed E-state index contributed by atoms with van der Waals surface area (Å²) in [4.78, 5) is 6.42. The summed E-state index contributed by atoms with van der Waals surface area (Å²) in [6.07, 6.45) is 1.11. The van der Waals surface area contributed by atoms with E-state index in [2.05, 4.69) is 22.3 Å². The summed E-state index contributed by atoms with van der Waals surface area (Å²) in [5.41, 5.74) is 2.17. The molecule has 1 atom stereocenters. The van der Waals surface area contributed by atoms with Gasteiger partial charge in [-0.2, -0.15) is 4.98 Å². The predicted octanol–water partition coefficient (Wildman–Crippen LogP) is 3.02. The van der Waals surface area contributed by atoms with E-state index in [0.29, 0.717) is 19.0 Å². The van der Waals surface area contributed by atoms with Crippen LogP contribution in [0.5, 0.6) is 0 Å². The number of hydrogen-bond donors (Lipinski definition) is 1. The zero-order valence-corrected chi connectivity index (χ0v) is 14.4. The van der Waals surface area contributed by atoms with Crippen LogP contribution in [0.2, 0.25) is 0 Å². The van der Waals surface area contributed by atoms with E-state index in [0.717, 1.165) is 24.2 Å². The van der Waals surface area contributed by atoms with Crippen LogP contribution in [0, 0.1) is 0 Å². The van der Waals surface area contributed by atoms with E-state index in [9.17, 15) is 5.11 Å². The Bertz CT molecular complexity index is 759. The highest BCUT2D eigenvalue weighted by Crippen LogP contribution is 2.14. The van der Waals surface area contributed by atoms with Crippen molar-refractivity contribution < 1.29 is 9.63 Å². The van der Waals surface area contributed by atoms with Gasteiger partial charge in [0, 0.05) is 13.0 Å². The highest BCUT2D eigenvalue weighted by Gasteiger charge is 2.14. The molecule has 0 saturated heterocycles. The van der Waals surface area contributed by atoms with Crippen molar-refractivity contribution in [2.24, 2.45) is 0 Å². The molecule has 5 nitrogen and oxygen atoms in total. The monoisotopic (exact) mass is 337 g/mol. The molecule has 0 spiro atoms. The first-order valence-corrected chi connectivity index (χ1v) is 8.47. The number of aliphatic hydroxyl groups excluding tert-OH is 1. The number of benzene rings is 2. The number of nitrogens with zero attached hydrogens (tertiary/aromatic N) is 3. The Morgan fingerprint density at radius 2 is 1.68 bits per heavy atom. The second kappa shape index (κ2) is 8.55. The number of hydrogen-bond acceptors (Lipinski definition) is 5. The Labute approximate surface area is 147 Å². The average Bonchev–Trinajstić information content (AvgIpc) is 3.08. The lowest BCUT2D eigenvalue weighted by atomic mass is 10.1. The van der Waals surface area contributed by atoms with Crippen LogP contribution >= 0.6 is 0 Å². The fraction of sp³-hybridized carbons (Fsp3) is 0.300. The van der Waals surface area contributed by atoms with Crippen LogP contribution in [0.1, 0.15) is 28.9 Å². The number of aliphatic hydroxyl groups is 1. The second-order valence-corrected chi connectivity index (χ2v) is 6.21. The molecule has 0 radical (unpaired) electrons. The largest absolute Gasteiger partial charge is 0.387 e. The third-order valence-electron chi connectivity index (χ3n) is 4.06. The summed E-state index contributed by atoms with van der Waals surface area (Å²) in [6, 6.07) is 19.9. The van der Waals surface area contributed by atoms with Gasteiger partial charge in [-0.15, -0.1) is 0 Å². The van der Waals surface area contributed by atoms with Gasteiger partial charge in [-0.1, -0.05) is 65.8 Å². The van der Waals surface area contributed by atoms with E-state index < -0.39 is 6.10 Å². The Morgan fingerprint density at radius 1 is 1.00 bits per heavy atom. The minimum Gasteiger partial charge on any atom is -0.387 e. The van der Waals surface area contributed by atoms with E-state index in [1.54, 1.807) is 0 Å². The van der Waals surface area contributed by atoms with Gasteiger partial charge >= 0.3 is 0 Å². The first-order chi connectivity index (χ1) is 12.2. The molecule has 3 rings (SSSR count). The third-order valence-corrected chi connectivity index (χ3v) is 4.06. The van der Waals surface area contributed by atoms with Crippen molar-refractivity contribution in [2.45, 2.75) is 25.5 Å². The Hall–Kier alpha value is -2.50. The van der Waals surface area contributed by atoms with Gasteiger partial charge in [-0.25, -0.2) is 0 Å². The van der Waals surface area contributed by atoms with Crippen LogP contribution in [-0.4, -0.2) is 33.7 Å². The summed E-state index contributed by atoms with van der Waals surface area (Å²) in [6.45, 7) is 1.02. The summed E-state index contributed by atoms with van der Waals surface area (Å²) in [5, 5.41) is 14.3.